The van der Waals surface area contributed by atoms with E-state index >= 15 is 0 Å². The summed E-state index contributed by atoms with van der Waals surface area (Å²) in [4.78, 5) is 16.3. The molecule has 1 heterocycles. The first-order chi connectivity index (χ1) is 13.7. The standard InChI is InChI=1S/C19H17N5O3S/c1-26-16-10-13(6-7-15(16)27-9-8-20)11-22-24-18(25)12-21-19-23-14-4-2-3-5-17(14)28-19/h2-7,10-11H,9,12H2,1H3,(H,21,23)(H,24,25)/b22-11-. The molecule has 9 heteroatoms. The van der Waals surface area contributed by atoms with Crippen LogP contribution >= 0.6 is 11.3 Å². The fourth-order valence-corrected chi connectivity index (χ4v) is 3.18. The van der Waals surface area contributed by atoms with Gasteiger partial charge in [0.25, 0.3) is 5.91 Å². The number of para-hydroxylation sites is 1. The molecule has 0 atom stereocenters. The molecule has 0 spiro atoms. The van der Waals surface area contributed by atoms with Crippen molar-refractivity contribution in [2.75, 3.05) is 25.6 Å². The number of nitriles is 1. The molecule has 0 unspecified atom stereocenters. The number of hydrogen-bond acceptors (Lipinski definition) is 8. The molecule has 142 valence electrons. The largest absolute Gasteiger partial charge is 0.493 e. The van der Waals surface area contributed by atoms with Gasteiger partial charge in [0.05, 0.1) is 30.1 Å². The molecule has 0 fully saturated rings. The average Bonchev–Trinajstić information content (AvgIpc) is 3.14. The maximum Gasteiger partial charge on any atom is 0.259 e. The van der Waals surface area contributed by atoms with E-state index in [1.807, 2.05) is 30.3 Å². The lowest BCUT2D eigenvalue weighted by molar-refractivity contribution is -0.119. The minimum Gasteiger partial charge on any atom is -0.493 e. The van der Waals surface area contributed by atoms with Gasteiger partial charge in [-0.15, -0.1) is 0 Å². The highest BCUT2D eigenvalue weighted by Gasteiger charge is 2.06. The summed E-state index contributed by atoms with van der Waals surface area (Å²) in [5, 5.41) is 16.2. The summed E-state index contributed by atoms with van der Waals surface area (Å²) in [7, 11) is 1.50. The number of benzene rings is 2. The smallest absolute Gasteiger partial charge is 0.259 e. The number of nitrogens with zero attached hydrogens (tertiary/aromatic N) is 3. The quantitative estimate of drug-likeness (QED) is 0.448. The molecule has 0 aliphatic heterocycles. The number of carbonyl (C=O) groups is 1. The summed E-state index contributed by atoms with van der Waals surface area (Å²) in [5.74, 6) is 0.643. The summed E-state index contributed by atoms with van der Waals surface area (Å²) in [6, 6.07) is 14.8. The summed E-state index contributed by atoms with van der Waals surface area (Å²) in [6.45, 7) is -0.0110. The second-order valence-corrected chi connectivity index (χ2v) is 6.52. The van der Waals surface area contributed by atoms with Crippen LogP contribution in [0, 0.1) is 11.3 Å². The van der Waals surface area contributed by atoms with Crippen LogP contribution in [0.4, 0.5) is 5.13 Å². The molecular weight excluding hydrogens is 378 g/mol. The van der Waals surface area contributed by atoms with Gasteiger partial charge in [-0.1, -0.05) is 23.5 Å². The van der Waals surface area contributed by atoms with Gasteiger partial charge >= 0.3 is 0 Å². The van der Waals surface area contributed by atoms with Crippen LogP contribution in [0.15, 0.2) is 47.6 Å². The fourth-order valence-electron chi connectivity index (χ4n) is 2.32. The lowest BCUT2D eigenvalue weighted by atomic mass is 10.2. The second kappa shape index (κ2) is 9.34. The van der Waals surface area contributed by atoms with Crippen molar-refractivity contribution < 1.29 is 14.3 Å². The lowest BCUT2D eigenvalue weighted by Gasteiger charge is -2.08. The number of fused-ring (bicyclic) bond motifs is 1. The summed E-state index contributed by atoms with van der Waals surface area (Å²) >= 11 is 1.48. The van der Waals surface area contributed by atoms with Gasteiger partial charge in [-0.3, -0.25) is 4.79 Å². The first-order valence-electron chi connectivity index (χ1n) is 8.28. The number of nitrogens with one attached hydrogen (secondary N) is 2. The van der Waals surface area contributed by atoms with Crippen molar-refractivity contribution in [3.05, 3.63) is 48.0 Å². The molecule has 3 rings (SSSR count). The Labute approximate surface area is 165 Å². The first-order valence-corrected chi connectivity index (χ1v) is 9.10. The number of ether oxygens (including phenoxy) is 2. The van der Waals surface area contributed by atoms with Crippen LogP contribution in [0.2, 0.25) is 0 Å². The maximum absolute atomic E-state index is 11.9. The van der Waals surface area contributed by atoms with E-state index in [1.165, 1.54) is 24.7 Å². The van der Waals surface area contributed by atoms with Crippen molar-refractivity contribution in [1.29, 1.82) is 5.26 Å². The summed E-state index contributed by atoms with van der Waals surface area (Å²) in [5.41, 5.74) is 4.05. The van der Waals surface area contributed by atoms with Crippen molar-refractivity contribution in [3.63, 3.8) is 0 Å². The number of amides is 1. The van der Waals surface area contributed by atoms with Gasteiger partial charge in [-0.05, 0) is 35.9 Å². The molecule has 1 aromatic heterocycles. The van der Waals surface area contributed by atoms with Crippen LogP contribution in [0.25, 0.3) is 10.2 Å². The van der Waals surface area contributed by atoms with E-state index in [1.54, 1.807) is 18.2 Å². The Balaban J connectivity index is 1.52. The van der Waals surface area contributed by atoms with Crippen LogP contribution < -0.4 is 20.2 Å². The van der Waals surface area contributed by atoms with Crippen LogP contribution in [0.1, 0.15) is 5.56 Å². The SMILES string of the molecule is COc1cc(/C=N\NC(=O)CNc2nc3ccccc3s2)ccc1OCC#N. The van der Waals surface area contributed by atoms with Gasteiger partial charge in [0.1, 0.15) is 6.07 Å². The Morgan fingerprint density at radius 3 is 2.96 bits per heavy atom. The van der Waals surface area contributed by atoms with Gasteiger partial charge in [0.2, 0.25) is 0 Å². The van der Waals surface area contributed by atoms with Gasteiger partial charge < -0.3 is 14.8 Å². The molecule has 0 saturated heterocycles. The zero-order valence-electron chi connectivity index (χ0n) is 15.0. The predicted octanol–water partition coefficient (Wildman–Crippen LogP) is 2.77. The van der Waals surface area contributed by atoms with Crippen molar-refractivity contribution in [2.45, 2.75) is 0 Å². The van der Waals surface area contributed by atoms with E-state index in [2.05, 4.69) is 20.8 Å². The van der Waals surface area contributed by atoms with Crippen molar-refractivity contribution in [3.8, 4) is 17.6 Å². The van der Waals surface area contributed by atoms with Crippen molar-refractivity contribution in [1.82, 2.24) is 10.4 Å². The number of aromatic nitrogens is 1. The topological polar surface area (TPSA) is 109 Å². The highest BCUT2D eigenvalue weighted by Crippen LogP contribution is 2.27. The maximum atomic E-state index is 11.9. The highest BCUT2D eigenvalue weighted by molar-refractivity contribution is 7.22. The number of carbonyl (C=O) groups excluding carboxylic acids is 1. The summed E-state index contributed by atoms with van der Waals surface area (Å²) < 4.78 is 11.5. The van der Waals surface area contributed by atoms with Crippen LogP contribution in [0.3, 0.4) is 0 Å². The van der Waals surface area contributed by atoms with E-state index < -0.39 is 0 Å². The Morgan fingerprint density at radius 2 is 2.18 bits per heavy atom. The minimum absolute atomic E-state index is 0.0570. The van der Waals surface area contributed by atoms with Crippen molar-refractivity contribution >= 4 is 38.8 Å². The Hall–Kier alpha value is -3.64. The number of hydrazone groups is 1. The zero-order chi connectivity index (χ0) is 19.8. The Bertz CT molecular complexity index is 1010. The van der Waals surface area contributed by atoms with E-state index in [-0.39, 0.29) is 19.1 Å². The Kier molecular flexibility index (Phi) is 6.38. The lowest BCUT2D eigenvalue weighted by Crippen LogP contribution is -2.25. The van der Waals surface area contributed by atoms with E-state index in [0.29, 0.717) is 22.2 Å². The molecule has 2 N–H and O–H groups in total. The van der Waals surface area contributed by atoms with Gasteiger partial charge in [0.15, 0.2) is 23.2 Å². The molecule has 2 aromatic carbocycles. The number of methoxy groups -OCH3 is 1. The molecule has 0 saturated carbocycles. The minimum atomic E-state index is -0.295. The summed E-state index contributed by atoms with van der Waals surface area (Å²) in [6.07, 6.45) is 1.49. The monoisotopic (exact) mass is 395 g/mol. The second-order valence-electron chi connectivity index (χ2n) is 5.49. The third-order valence-corrected chi connectivity index (χ3v) is 4.57. The van der Waals surface area contributed by atoms with Gasteiger partial charge in [-0.2, -0.15) is 10.4 Å². The van der Waals surface area contributed by atoms with Crippen LogP contribution in [0.5, 0.6) is 11.5 Å². The molecular formula is C19H17N5O3S. The molecule has 1 amide bonds. The molecule has 0 aliphatic rings. The van der Waals surface area contributed by atoms with Gasteiger partial charge in [-0.25, -0.2) is 10.4 Å². The molecule has 0 bridgehead atoms. The predicted molar refractivity (Wildman–Crippen MR) is 108 cm³/mol. The normalized spacial score (nSPS) is 10.6. The van der Waals surface area contributed by atoms with Crippen LogP contribution in [-0.4, -0.2) is 37.4 Å². The molecule has 28 heavy (non-hydrogen) atoms. The molecule has 8 nitrogen and oxygen atoms in total. The fraction of sp³-hybridized carbons (Fsp3) is 0.158. The molecule has 0 aliphatic carbocycles. The number of rotatable bonds is 8. The zero-order valence-corrected chi connectivity index (χ0v) is 15.8. The van der Waals surface area contributed by atoms with E-state index in [0.717, 1.165) is 10.2 Å². The third-order valence-electron chi connectivity index (χ3n) is 3.58. The Morgan fingerprint density at radius 1 is 1.32 bits per heavy atom. The van der Waals surface area contributed by atoms with E-state index in [9.17, 15) is 4.79 Å². The first kappa shape index (κ1) is 19.1. The number of hydrogen-bond donors (Lipinski definition) is 2. The van der Waals surface area contributed by atoms with E-state index in [4.69, 9.17) is 14.7 Å². The third kappa shape index (κ3) is 4.96. The van der Waals surface area contributed by atoms with Crippen molar-refractivity contribution in [2.24, 2.45) is 5.10 Å². The number of anilines is 1. The highest BCUT2D eigenvalue weighted by atomic mass is 32.1. The van der Waals surface area contributed by atoms with Gasteiger partial charge in [0, 0.05) is 0 Å². The number of thiazole rings is 1. The molecule has 3 aromatic rings. The molecule has 0 radical (unpaired) electrons. The van der Waals surface area contributed by atoms with Crippen LogP contribution in [-0.2, 0) is 4.79 Å². The average molecular weight is 395 g/mol.